The Bertz CT molecular complexity index is 1580. The molecule has 1 aromatic heterocycles. The highest BCUT2D eigenvalue weighted by Gasteiger charge is 2.33. The van der Waals surface area contributed by atoms with Crippen molar-refractivity contribution in [2.75, 3.05) is 26.6 Å². The molecule has 190 valence electrons. The van der Waals surface area contributed by atoms with Crippen LogP contribution in [0, 0.1) is 11.3 Å². The standard InChI is InChI=1S/C27H25N3O5S2/c1-5-34-26(32)23-16(2)29-27-30(24(23)18-7-9-19(36-4)10-8-18)25(31)22(37-27)15-17-6-11-20(35-13-12-28)21(14-17)33-3/h6-11,14-15,24H,5,13H2,1-4H3/b22-15-/t24-/m1/s1. The SMILES string of the molecule is CCOC(=O)C1=C(C)N=c2s/c(=C\c3ccc(OCC#N)c(OC)c3)c(=O)n2[C@@H]1c1ccc(SC)cc1. The van der Waals surface area contributed by atoms with E-state index in [0.29, 0.717) is 37.7 Å². The largest absolute Gasteiger partial charge is 0.493 e. The van der Waals surface area contributed by atoms with Crippen LogP contribution in [0.1, 0.15) is 31.0 Å². The number of benzene rings is 2. The summed E-state index contributed by atoms with van der Waals surface area (Å²) < 4.78 is 18.1. The van der Waals surface area contributed by atoms with Gasteiger partial charge in [-0.15, -0.1) is 11.8 Å². The Hall–Kier alpha value is -3.81. The lowest BCUT2D eigenvalue weighted by atomic mass is 9.96. The smallest absolute Gasteiger partial charge is 0.338 e. The Morgan fingerprint density at radius 1 is 1.24 bits per heavy atom. The molecule has 2 heterocycles. The first-order valence-electron chi connectivity index (χ1n) is 11.4. The zero-order chi connectivity index (χ0) is 26.5. The van der Waals surface area contributed by atoms with E-state index < -0.39 is 12.0 Å². The lowest BCUT2D eigenvalue weighted by molar-refractivity contribution is -0.139. The number of hydrogen-bond acceptors (Lipinski definition) is 9. The van der Waals surface area contributed by atoms with Crippen molar-refractivity contribution >= 4 is 35.1 Å². The molecule has 37 heavy (non-hydrogen) atoms. The van der Waals surface area contributed by atoms with Gasteiger partial charge in [0.15, 0.2) is 22.9 Å². The first-order valence-corrected chi connectivity index (χ1v) is 13.5. The van der Waals surface area contributed by atoms with E-state index in [1.165, 1.54) is 18.4 Å². The summed E-state index contributed by atoms with van der Waals surface area (Å²) in [5.74, 6) is 0.393. The number of rotatable bonds is 8. The minimum atomic E-state index is -0.662. The van der Waals surface area contributed by atoms with E-state index in [4.69, 9.17) is 19.5 Å². The first-order chi connectivity index (χ1) is 17.9. The molecule has 0 fully saturated rings. The van der Waals surface area contributed by atoms with Crippen LogP contribution >= 0.6 is 23.1 Å². The minimum absolute atomic E-state index is 0.103. The number of nitrogens with zero attached hydrogens (tertiary/aromatic N) is 3. The molecular weight excluding hydrogens is 510 g/mol. The first kappa shape index (κ1) is 26.3. The molecule has 1 aliphatic rings. The molecule has 4 rings (SSSR count). The quantitative estimate of drug-likeness (QED) is 0.322. The summed E-state index contributed by atoms with van der Waals surface area (Å²) in [6.45, 7) is 3.62. The van der Waals surface area contributed by atoms with Crippen molar-refractivity contribution in [2.24, 2.45) is 4.99 Å². The van der Waals surface area contributed by atoms with Crippen LogP contribution in [-0.2, 0) is 9.53 Å². The number of thioether (sulfide) groups is 1. The maximum atomic E-state index is 13.7. The molecule has 0 amide bonds. The summed E-state index contributed by atoms with van der Waals surface area (Å²) in [6.07, 6.45) is 3.74. The van der Waals surface area contributed by atoms with E-state index >= 15 is 0 Å². The van der Waals surface area contributed by atoms with E-state index in [1.807, 2.05) is 36.6 Å². The van der Waals surface area contributed by atoms with Gasteiger partial charge in [0, 0.05) is 4.90 Å². The second-order valence-corrected chi connectivity index (χ2v) is 9.82. The zero-order valence-electron chi connectivity index (χ0n) is 20.8. The fraction of sp³-hybridized carbons (Fsp3) is 0.259. The zero-order valence-corrected chi connectivity index (χ0v) is 22.4. The molecule has 0 N–H and O–H groups in total. The Kier molecular flexibility index (Phi) is 8.16. The number of nitriles is 1. The van der Waals surface area contributed by atoms with Gasteiger partial charge in [-0.25, -0.2) is 9.79 Å². The Morgan fingerprint density at radius 2 is 2.00 bits per heavy atom. The van der Waals surface area contributed by atoms with Crippen molar-refractivity contribution in [3.8, 4) is 17.6 Å². The normalized spacial score (nSPS) is 15.0. The van der Waals surface area contributed by atoms with Crippen LogP contribution in [0.25, 0.3) is 6.08 Å². The average molecular weight is 536 g/mol. The maximum Gasteiger partial charge on any atom is 0.338 e. The Labute approximate surface area is 222 Å². The number of methoxy groups -OCH3 is 1. The molecule has 2 aromatic carbocycles. The molecule has 3 aromatic rings. The van der Waals surface area contributed by atoms with Crippen LogP contribution in [0.15, 0.2) is 68.4 Å². The van der Waals surface area contributed by atoms with E-state index in [1.54, 1.807) is 54.5 Å². The van der Waals surface area contributed by atoms with Gasteiger partial charge in [-0.2, -0.15) is 5.26 Å². The molecule has 8 nitrogen and oxygen atoms in total. The number of carbonyl (C=O) groups is 1. The molecule has 0 saturated heterocycles. The fourth-order valence-corrected chi connectivity index (χ4v) is 5.50. The van der Waals surface area contributed by atoms with Crippen molar-refractivity contribution in [1.29, 1.82) is 5.26 Å². The van der Waals surface area contributed by atoms with Gasteiger partial charge >= 0.3 is 5.97 Å². The van der Waals surface area contributed by atoms with Crippen molar-refractivity contribution in [3.63, 3.8) is 0 Å². The predicted molar refractivity (Wildman–Crippen MR) is 143 cm³/mol. The molecule has 0 aliphatic carbocycles. The monoisotopic (exact) mass is 535 g/mol. The number of aromatic nitrogens is 1. The second kappa shape index (κ2) is 11.5. The summed E-state index contributed by atoms with van der Waals surface area (Å²) in [5.41, 5.74) is 2.11. The van der Waals surface area contributed by atoms with Crippen LogP contribution in [0.2, 0.25) is 0 Å². The number of ether oxygens (including phenoxy) is 3. The molecule has 0 bridgehead atoms. The van der Waals surface area contributed by atoms with Crippen molar-refractivity contribution in [1.82, 2.24) is 4.57 Å². The van der Waals surface area contributed by atoms with Crippen LogP contribution in [0.5, 0.6) is 11.5 Å². The van der Waals surface area contributed by atoms with Crippen molar-refractivity contribution in [2.45, 2.75) is 24.8 Å². The highest BCUT2D eigenvalue weighted by atomic mass is 32.2. The van der Waals surface area contributed by atoms with Gasteiger partial charge < -0.3 is 14.2 Å². The average Bonchev–Trinajstić information content (AvgIpc) is 3.21. The van der Waals surface area contributed by atoms with Crippen LogP contribution in [0.3, 0.4) is 0 Å². The Balaban J connectivity index is 1.87. The summed E-state index contributed by atoms with van der Waals surface area (Å²) in [5, 5.41) is 8.78. The highest BCUT2D eigenvalue weighted by Crippen LogP contribution is 2.32. The summed E-state index contributed by atoms with van der Waals surface area (Å²) in [7, 11) is 1.51. The number of hydrogen-bond donors (Lipinski definition) is 0. The summed E-state index contributed by atoms with van der Waals surface area (Å²) in [6, 6.07) is 14.3. The molecular formula is C27H25N3O5S2. The van der Waals surface area contributed by atoms with Gasteiger partial charge in [0.2, 0.25) is 0 Å². The van der Waals surface area contributed by atoms with Gasteiger partial charge in [0.05, 0.1) is 35.6 Å². The van der Waals surface area contributed by atoms with Gasteiger partial charge in [0.25, 0.3) is 5.56 Å². The molecule has 0 saturated carbocycles. The van der Waals surface area contributed by atoms with Gasteiger partial charge in [-0.1, -0.05) is 29.5 Å². The van der Waals surface area contributed by atoms with E-state index in [0.717, 1.165) is 10.5 Å². The Morgan fingerprint density at radius 3 is 2.65 bits per heavy atom. The van der Waals surface area contributed by atoms with Crippen molar-refractivity contribution < 1.29 is 19.0 Å². The van der Waals surface area contributed by atoms with Gasteiger partial charge in [0.1, 0.15) is 6.07 Å². The number of carbonyl (C=O) groups excluding carboxylic acids is 1. The van der Waals surface area contributed by atoms with Gasteiger partial charge in [-0.05, 0) is 61.6 Å². The molecule has 0 spiro atoms. The molecule has 0 radical (unpaired) electrons. The number of esters is 1. The maximum absolute atomic E-state index is 13.7. The fourth-order valence-electron chi connectivity index (χ4n) is 4.05. The third kappa shape index (κ3) is 5.33. The van der Waals surface area contributed by atoms with Crippen LogP contribution in [-0.4, -0.2) is 37.1 Å². The number of thiazole rings is 1. The molecule has 1 aliphatic heterocycles. The molecule has 0 unspecified atom stereocenters. The minimum Gasteiger partial charge on any atom is -0.493 e. The number of allylic oxidation sites excluding steroid dienone is 1. The van der Waals surface area contributed by atoms with E-state index in [9.17, 15) is 9.59 Å². The lowest BCUT2D eigenvalue weighted by Crippen LogP contribution is -2.39. The van der Waals surface area contributed by atoms with Crippen LogP contribution in [0.4, 0.5) is 0 Å². The van der Waals surface area contributed by atoms with Crippen molar-refractivity contribution in [3.05, 3.63) is 84.5 Å². The molecule has 10 heteroatoms. The third-order valence-corrected chi connectivity index (χ3v) is 7.45. The van der Waals surface area contributed by atoms with E-state index in [2.05, 4.69) is 4.99 Å². The van der Waals surface area contributed by atoms with E-state index in [-0.39, 0.29) is 18.8 Å². The second-order valence-electron chi connectivity index (χ2n) is 7.93. The lowest BCUT2D eigenvalue weighted by Gasteiger charge is -2.24. The van der Waals surface area contributed by atoms with Crippen LogP contribution < -0.4 is 24.4 Å². The molecule has 1 atom stereocenters. The topological polar surface area (TPSA) is 103 Å². The third-order valence-electron chi connectivity index (χ3n) is 5.73. The van der Waals surface area contributed by atoms with Gasteiger partial charge in [-0.3, -0.25) is 9.36 Å². The predicted octanol–water partition coefficient (Wildman–Crippen LogP) is 3.43. The highest BCUT2D eigenvalue weighted by molar-refractivity contribution is 7.98. The summed E-state index contributed by atoms with van der Waals surface area (Å²) >= 11 is 2.86. The summed E-state index contributed by atoms with van der Waals surface area (Å²) in [4.78, 5) is 32.9. The number of fused-ring (bicyclic) bond motifs is 1.